The number of likely N-dealkylation sites (tertiary alicyclic amines) is 1. The van der Waals surface area contributed by atoms with Crippen molar-refractivity contribution in [3.05, 3.63) is 0 Å². The average Bonchev–Trinajstić information content (AvgIpc) is 3.02. The molecule has 0 unspecified atom stereocenters. The van der Waals surface area contributed by atoms with E-state index in [0.717, 1.165) is 38.8 Å². The molecule has 1 saturated carbocycles. The Hall–Kier alpha value is -0.610. The Morgan fingerprint density at radius 2 is 1.94 bits per heavy atom. The van der Waals surface area contributed by atoms with E-state index in [9.17, 15) is 9.90 Å². The third-order valence-electron chi connectivity index (χ3n) is 3.85. The molecule has 92 valence electrons. The topological polar surface area (TPSA) is 52.6 Å². The highest BCUT2D eigenvalue weighted by atomic mass is 16.4. The lowest BCUT2D eigenvalue weighted by molar-refractivity contribution is -0.147. The van der Waals surface area contributed by atoms with Crippen LogP contribution in [0.2, 0.25) is 0 Å². The SMILES string of the molecule is CC(C)N1CCC(NC2CC2)(C(=O)O)CC1. The smallest absolute Gasteiger partial charge is 0.324 e. The van der Waals surface area contributed by atoms with Crippen LogP contribution in [0.5, 0.6) is 0 Å². The summed E-state index contributed by atoms with van der Waals surface area (Å²) in [7, 11) is 0. The van der Waals surface area contributed by atoms with Crippen LogP contribution >= 0.6 is 0 Å². The van der Waals surface area contributed by atoms with Gasteiger partial charge >= 0.3 is 5.97 Å². The van der Waals surface area contributed by atoms with Crippen LogP contribution in [0.3, 0.4) is 0 Å². The molecule has 2 rings (SSSR count). The molecule has 0 bridgehead atoms. The Morgan fingerprint density at radius 1 is 1.38 bits per heavy atom. The van der Waals surface area contributed by atoms with Crippen LogP contribution in [-0.2, 0) is 4.79 Å². The van der Waals surface area contributed by atoms with Crippen LogP contribution in [0, 0.1) is 0 Å². The highest BCUT2D eigenvalue weighted by Crippen LogP contribution is 2.29. The second kappa shape index (κ2) is 4.34. The van der Waals surface area contributed by atoms with Gasteiger partial charge in [0.1, 0.15) is 5.54 Å². The molecule has 4 nitrogen and oxygen atoms in total. The maximum Gasteiger partial charge on any atom is 0.324 e. The molecule has 0 amide bonds. The Morgan fingerprint density at radius 3 is 2.31 bits per heavy atom. The minimum atomic E-state index is -0.664. The molecule has 2 N–H and O–H groups in total. The molecule has 2 aliphatic rings. The van der Waals surface area contributed by atoms with E-state index in [1.807, 2.05) is 0 Å². The zero-order valence-corrected chi connectivity index (χ0v) is 10.2. The first-order valence-electron chi connectivity index (χ1n) is 6.29. The summed E-state index contributed by atoms with van der Waals surface area (Å²) in [5.41, 5.74) is -0.646. The molecule has 2 fully saturated rings. The molecular weight excluding hydrogens is 204 g/mol. The van der Waals surface area contributed by atoms with Crippen molar-refractivity contribution in [3.8, 4) is 0 Å². The highest BCUT2D eigenvalue weighted by Gasteiger charge is 2.44. The number of nitrogens with one attached hydrogen (secondary N) is 1. The Balaban J connectivity index is 1.97. The predicted molar refractivity (Wildman–Crippen MR) is 62.5 cm³/mol. The molecule has 16 heavy (non-hydrogen) atoms. The van der Waals surface area contributed by atoms with Crippen molar-refractivity contribution >= 4 is 5.97 Å². The average molecular weight is 226 g/mol. The van der Waals surface area contributed by atoms with Crippen molar-refractivity contribution in [1.29, 1.82) is 0 Å². The van der Waals surface area contributed by atoms with Gasteiger partial charge in [-0.1, -0.05) is 0 Å². The third-order valence-corrected chi connectivity index (χ3v) is 3.85. The van der Waals surface area contributed by atoms with Crippen LogP contribution in [0.25, 0.3) is 0 Å². The monoisotopic (exact) mass is 226 g/mol. The fourth-order valence-corrected chi connectivity index (χ4v) is 2.46. The van der Waals surface area contributed by atoms with E-state index in [2.05, 4.69) is 24.1 Å². The van der Waals surface area contributed by atoms with Gasteiger partial charge in [0.05, 0.1) is 0 Å². The maximum atomic E-state index is 11.4. The molecule has 1 saturated heterocycles. The van der Waals surface area contributed by atoms with Crippen LogP contribution in [0.4, 0.5) is 0 Å². The lowest BCUT2D eigenvalue weighted by atomic mass is 9.87. The predicted octanol–water partition coefficient (Wildman–Crippen LogP) is 1.07. The highest BCUT2D eigenvalue weighted by molar-refractivity contribution is 5.79. The fourth-order valence-electron chi connectivity index (χ4n) is 2.46. The van der Waals surface area contributed by atoms with Gasteiger partial charge in [-0.05, 0) is 39.5 Å². The minimum Gasteiger partial charge on any atom is -0.480 e. The van der Waals surface area contributed by atoms with Crippen molar-refractivity contribution in [2.24, 2.45) is 0 Å². The van der Waals surface area contributed by atoms with Crippen LogP contribution < -0.4 is 5.32 Å². The first-order valence-corrected chi connectivity index (χ1v) is 6.29. The summed E-state index contributed by atoms with van der Waals surface area (Å²) < 4.78 is 0. The number of nitrogens with zero attached hydrogens (tertiary/aromatic N) is 1. The Bertz CT molecular complexity index is 266. The number of hydrogen-bond donors (Lipinski definition) is 2. The molecule has 1 aliphatic carbocycles. The molecule has 0 atom stereocenters. The van der Waals surface area contributed by atoms with E-state index in [0.29, 0.717) is 12.1 Å². The largest absolute Gasteiger partial charge is 0.480 e. The first kappa shape index (κ1) is 11.9. The summed E-state index contributed by atoms with van der Waals surface area (Å²) in [6.07, 6.45) is 3.75. The normalized spacial score (nSPS) is 25.9. The van der Waals surface area contributed by atoms with Gasteiger partial charge in [0.2, 0.25) is 0 Å². The summed E-state index contributed by atoms with van der Waals surface area (Å²) in [5, 5.41) is 12.7. The molecule has 0 aromatic rings. The van der Waals surface area contributed by atoms with Gasteiger partial charge in [0.25, 0.3) is 0 Å². The van der Waals surface area contributed by atoms with E-state index >= 15 is 0 Å². The van der Waals surface area contributed by atoms with Gasteiger partial charge in [-0.15, -0.1) is 0 Å². The zero-order chi connectivity index (χ0) is 11.8. The number of rotatable bonds is 4. The van der Waals surface area contributed by atoms with E-state index in [4.69, 9.17) is 0 Å². The second-order valence-corrected chi connectivity index (χ2v) is 5.44. The quantitative estimate of drug-likeness (QED) is 0.753. The summed E-state index contributed by atoms with van der Waals surface area (Å²) >= 11 is 0. The number of hydrogen-bond acceptors (Lipinski definition) is 3. The lowest BCUT2D eigenvalue weighted by Gasteiger charge is -2.41. The molecule has 1 heterocycles. The van der Waals surface area contributed by atoms with Gasteiger partial charge in [0.15, 0.2) is 0 Å². The molecule has 0 radical (unpaired) electrons. The number of piperidine rings is 1. The molecule has 0 aromatic carbocycles. The number of carbonyl (C=O) groups is 1. The van der Waals surface area contributed by atoms with Gasteiger partial charge in [0, 0.05) is 25.2 Å². The molecular formula is C12H22N2O2. The van der Waals surface area contributed by atoms with Crippen LogP contribution in [0.1, 0.15) is 39.5 Å². The summed E-state index contributed by atoms with van der Waals surface area (Å²) in [6, 6.07) is 0.981. The van der Waals surface area contributed by atoms with Crippen molar-refractivity contribution in [2.45, 2.75) is 57.2 Å². The maximum absolute atomic E-state index is 11.4. The number of aliphatic carboxylic acids is 1. The van der Waals surface area contributed by atoms with E-state index in [-0.39, 0.29) is 0 Å². The van der Waals surface area contributed by atoms with Gasteiger partial charge in [-0.25, -0.2) is 0 Å². The van der Waals surface area contributed by atoms with E-state index in [1.165, 1.54) is 0 Å². The summed E-state index contributed by atoms with van der Waals surface area (Å²) in [4.78, 5) is 13.8. The lowest BCUT2D eigenvalue weighted by Crippen LogP contribution is -2.59. The molecule has 0 spiro atoms. The van der Waals surface area contributed by atoms with Crippen molar-refractivity contribution in [1.82, 2.24) is 10.2 Å². The van der Waals surface area contributed by atoms with Crippen molar-refractivity contribution in [2.75, 3.05) is 13.1 Å². The summed E-state index contributed by atoms with van der Waals surface area (Å²) in [6.45, 7) is 6.12. The van der Waals surface area contributed by atoms with Crippen molar-refractivity contribution in [3.63, 3.8) is 0 Å². The van der Waals surface area contributed by atoms with Gasteiger partial charge in [-0.3, -0.25) is 10.1 Å². The number of carboxylic acid groups (broad SMARTS) is 1. The first-order chi connectivity index (χ1) is 7.53. The molecule has 1 aliphatic heterocycles. The third kappa shape index (κ3) is 2.38. The molecule has 0 aromatic heterocycles. The second-order valence-electron chi connectivity index (χ2n) is 5.44. The van der Waals surface area contributed by atoms with Crippen LogP contribution in [-0.4, -0.2) is 46.7 Å². The summed E-state index contributed by atoms with van der Waals surface area (Å²) in [5.74, 6) is -0.664. The van der Waals surface area contributed by atoms with Crippen molar-refractivity contribution < 1.29 is 9.90 Å². The zero-order valence-electron chi connectivity index (χ0n) is 10.2. The molecule has 4 heteroatoms. The Kier molecular flexibility index (Phi) is 3.22. The van der Waals surface area contributed by atoms with Gasteiger partial charge in [-0.2, -0.15) is 0 Å². The van der Waals surface area contributed by atoms with E-state index < -0.39 is 11.5 Å². The van der Waals surface area contributed by atoms with Gasteiger partial charge < -0.3 is 10.0 Å². The van der Waals surface area contributed by atoms with E-state index in [1.54, 1.807) is 0 Å². The fraction of sp³-hybridized carbons (Fsp3) is 0.917. The minimum absolute atomic E-state index is 0.460. The Labute approximate surface area is 97.0 Å². The standard InChI is InChI=1S/C12H22N2O2/c1-9(2)14-7-5-12(6-8-14,11(15)16)13-10-3-4-10/h9-10,13H,3-8H2,1-2H3,(H,15,16). The number of carboxylic acids is 1. The van der Waals surface area contributed by atoms with Crippen LogP contribution in [0.15, 0.2) is 0 Å².